The van der Waals surface area contributed by atoms with E-state index in [1.54, 1.807) is 24.3 Å². The zero-order valence-corrected chi connectivity index (χ0v) is 22.0. The van der Waals surface area contributed by atoms with Gasteiger partial charge in [-0.3, -0.25) is 4.79 Å². The summed E-state index contributed by atoms with van der Waals surface area (Å²) in [7, 11) is -3.58. The molecular weight excluding hydrogens is 484 g/mol. The van der Waals surface area contributed by atoms with Gasteiger partial charge in [-0.05, 0) is 42.5 Å². The molecule has 2 aliphatic rings. The number of likely N-dealkylation sites (tertiary alicyclic amines) is 1. The second-order valence-corrected chi connectivity index (χ2v) is 12.8. The van der Waals surface area contributed by atoms with Crippen LogP contribution in [-0.2, 0) is 26.2 Å². The van der Waals surface area contributed by atoms with Gasteiger partial charge in [0.05, 0.1) is 17.3 Å². The lowest BCUT2D eigenvalue weighted by molar-refractivity contribution is -0.158. The Kier molecular flexibility index (Phi) is 7.62. The van der Waals surface area contributed by atoms with Gasteiger partial charge in [0.2, 0.25) is 15.9 Å². The molecular formula is C27H35ClN2O4S. The van der Waals surface area contributed by atoms with Crippen LogP contribution in [0.5, 0.6) is 0 Å². The first-order valence-electron chi connectivity index (χ1n) is 12.3. The van der Waals surface area contributed by atoms with Crippen molar-refractivity contribution in [1.82, 2.24) is 9.62 Å². The predicted octanol–water partition coefficient (Wildman–Crippen LogP) is 4.46. The van der Waals surface area contributed by atoms with Crippen molar-refractivity contribution in [2.45, 2.75) is 63.3 Å². The molecule has 0 radical (unpaired) electrons. The molecule has 1 saturated heterocycles. The van der Waals surface area contributed by atoms with Crippen molar-refractivity contribution < 1.29 is 18.3 Å². The number of piperidine rings is 1. The van der Waals surface area contributed by atoms with Crippen molar-refractivity contribution in [2.24, 2.45) is 11.3 Å². The molecule has 1 aliphatic heterocycles. The molecule has 2 aromatic carbocycles. The Bertz CT molecular complexity index is 1140. The maximum absolute atomic E-state index is 13.7. The zero-order valence-electron chi connectivity index (χ0n) is 20.4. The van der Waals surface area contributed by atoms with Gasteiger partial charge in [0, 0.05) is 29.6 Å². The Morgan fingerprint density at radius 2 is 1.74 bits per heavy atom. The number of nitrogens with zero attached hydrogens (tertiary/aromatic N) is 1. The van der Waals surface area contributed by atoms with E-state index < -0.39 is 33.0 Å². The molecule has 8 heteroatoms. The fourth-order valence-corrected chi connectivity index (χ4v) is 7.22. The SMILES string of the molecule is CC1(C)CN(C(=O)[C@H]2CCCC[C@H]2NS(=O)(=O)Cc2ccccc2)CC[C@]1(O)c1ccc(Cl)cc1. The van der Waals surface area contributed by atoms with Gasteiger partial charge in [-0.15, -0.1) is 0 Å². The molecule has 2 N–H and O–H groups in total. The van der Waals surface area contributed by atoms with Gasteiger partial charge < -0.3 is 10.0 Å². The Balaban J connectivity index is 1.47. The van der Waals surface area contributed by atoms with Crippen LogP contribution in [-0.4, -0.2) is 43.5 Å². The summed E-state index contributed by atoms with van der Waals surface area (Å²) in [5.41, 5.74) is -0.162. The third-order valence-corrected chi connectivity index (χ3v) is 9.32. The van der Waals surface area contributed by atoms with Crippen molar-refractivity contribution in [3.63, 3.8) is 0 Å². The topological polar surface area (TPSA) is 86.7 Å². The van der Waals surface area contributed by atoms with E-state index in [1.165, 1.54) is 0 Å². The first kappa shape index (κ1) is 26.1. The molecule has 35 heavy (non-hydrogen) atoms. The highest BCUT2D eigenvalue weighted by atomic mass is 35.5. The Hall–Kier alpha value is -1.93. The number of hydrogen-bond donors (Lipinski definition) is 2. The van der Waals surface area contributed by atoms with Gasteiger partial charge >= 0.3 is 0 Å². The van der Waals surface area contributed by atoms with Crippen LogP contribution >= 0.6 is 11.6 Å². The summed E-state index contributed by atoms with van der Waals surface area (Å²) >= 11 is 6.04. The fraction of sp³-hybridized carbons (Fsp3) is 0.519. The molecule has 4 rings (SSSR count). The first-order valence-corrected chi connectivity index (χ1v) is 14.3. The number of aliphatic hydroxyl groups is 1. The number of sulfonamides is 1. The number of carbonyl (C=O) groups excluding carboxylic acids is 1. The summed E-state index contributed by atoms with van der Waals surface area (Å²) in [5.74, 6) is -0.522. The van der Waals surface area contributed by atoms with Gasteiger partial charge in [0.25, 0.3) is 0 Å². The lowest BCUT2D eigenvalue weighted by atomic mass is 9.66. The van der Waals surface area contributed by atoms with Gasteiger partial charge in [-0.25, -0.2) is 13.1 Å². The third-order valence-electron chi connectivity index (χ3n) is 7.70. The summed E-state index contributed by atoms with van der Waals surface area (Å²) in [6.45, 7) is 4.76. The van der Waals surface area contributed by atoms with Crippen LogP contribution in [0.15, 0.2) is 54.6 Å². The minimum absolute atomic E-state index is 0.0247. The van der Waals surface area contributed by atoms with Crippen molar-refractivity contribution >= 4 is 27.5 Å². The summed E-state index contributed by atoms with van der Waals surface area (Å²) < 4.78 is 28.7. The number of amides is 1. The van der Waals surface area contributed by atoms with E-state index >= 15 is 0 Å². The fourth-order valence-electron chi connectivity index (χ4n) is 5.64. The van der Waals surface area contributed by atoms with Crippen LogP contribution in [0.25, 0.3) is 0 Å². The minimum atomic E-state index is -3.58. The monoisotopic (exact) mass is 518 g/mol. The zero-order chi connectivity index (χ0) is 25.3. The van der Waals surface area contributed by atoms with E-state index in [9.17, 15) is 18.3 Å². The van der Waals surface area contributed by atoms with Crippen LogP contribution in [0.3, 0.4) is 0 Å². The van der Waals surface area contributed by atoms with Crippen LogP contribution in [0, 0.1) is 11.3 Å². The van der Waals surface area contributed by atoms with Gasteiger partial charge in [-0.2, -0.15) is 0 Å². The lowest BCUT2D eigenvalue weighted by Gasteiger charge is -2.51. The molecule has 1 aliphatic carbocycles. The quantitative estimate of drug-likeness (QED) is 0.591. The number of benzene rings is 2. The smallest absolute Gasteiger partial charge is 0.227 e. The molecule has 2 fully saturated rings. The Morgan fingerprint density at radius 3 is 2.40 bits per heavy atom. The van der Waals surface area contributed by atoms with Gasteiger partial charge in [-0.1, -0.05) is 80.8 Å². The number of rotatable bonds is 6. The molecule has 2 aromatic rings. The van der Waals surface area contributed by atoms with Crippen LogP contribution in [0.2, 0.25) is 5.02 Å². The highest BCUT2D eigenvalue weighted by Crippen LogP contribution is 2.46. The maximum Gasteiger partial charge on any atom is 0.227 e. The summed E-state index contributed by atoms with van der Waals surface area (Å²) in [5, 5.41) is 12.3. The van der Waals surface area contributed by atoms with E-state index in [0.29, 0.717) is 37.4 Å². The van der Waals surface area contributed by atoms with Crippen molar-refractivity contribution in [3.05, 3.63) is 70.7 Å². The third kappa shape index (κ3) is 5.74. The van der Waals surface area contributed by atoms with Crippen LogP contribution < -0.4 is 4.72 Å². The summed E-state index contributed by atoms with van der Waals surface area (Å²) in [4.78, 5) is 15.5. The normalized spacial score (nSPS) is 26.9. The van der Waals surface area contributed by atoms with E-state index in [2.05, 4.69) is 4.72 Å². The van der Waals surface area contributed by atoms with E-state index in [-0.39, 0.29) is 11.7 Å². The predicted molar refractivity (Wildman–Crippen MR) is 138 cm³/mol. The van der Waals surface area contributed by atoms with Crippen LogP contribution in [0.1, 0.15) is 57.1 Å². The molecule has 1 amide bonds. The van der Waals surface area contributed by atoms with Gasteiger partial charge in [0.1, 0.15) is 0 Å². The van der Waals surface area contributed by atoms with Gasteiger partial charge in [0.15, 0.2) is 0 Å². The first-order chi connectivity index (χ1) is 16.5. The molecule has 0 aromatic heterocycles. The van der Waals surface area contributed by atoms with Crippen molar-refractivity contribution in [1.29, 1.82) is 0 Å². The van der Waals surface area contributed by atoms with Crippen molar-refractivity contribution in [3.8, 4) is 0 Å². The molecule has 6 nitrogen and oxygen atoms in total. The number of nitrogens with one attached hydrogen (secondary N) is 1. The standard InChI is InChI=1S/C27H35ClN2O4S/c1-26(2)19-30(17-16-27(26,32)21-12-14-22(28)15-13-21)25(31)23-10-6-7-11-24(23)29-35(33,34)18-20-8-4-3-5-9-20/h3-5,8-9,12-15,23-24,29,32H,6-7,10-11,16-19H2,1-2H3/t23-,24+,27-/m0/s1. The second-order valence-electron chi connectivity index (χ2n) is 10.6. The van der Waals surface area contributed by atoms with E-state index in [0.717, 1.165) is 24.0 Å². The summed E-state index contributed by atoms with van der Waals surface area (Å²) in [6, 6.07) is 15.9. The van der Waals surface area contributed by atoms with E-state index in [4.69, 9.17) is 11.6 Å². The van der Waals surface area contributed by atoms with E-state index in [1.807, 2.05) is 49.1 Å². The minimum Gasteiger partial charge on any atom is -0.384 e. The molecule has 190 valence electrons. The molecule has 1 heterocycles. The highest BCUT2D eigenvalue weighted by molar-refractivity contribution is 7.88. The molecule has 0 unspecified atom stereocenters. The summed E-state index contributed by atoms with van der Waals surface area (Å²) in [6.07, 6.45) is 3.51. The number of hydrogen-bond acceptors (Lipinski definition) is 4. The van der Waals surface area contributed by atoms with Crippen molar-refractivity contribution in [2.75, 3.05) is 13.1 Å². The Morgan fingerprint density at radius 1 is 1.09 bits per heavy atom. The average molecular weight is 519 g/mol. The number of carbonyl (C=O) groups is 1. The molecule has 3 atom stereocenters. The molecule has 0 bridgehead atoms. The Labute approximate surface area is 213 Å². The lowest BCUT2D eigenvalue weighted by Crippen LogP contribution is -2.59. The largest absolute Gasteiger partial charge is 0.384 e. The molecule has 1 saturated carbocycles. The maximum atomic E-state index is 13.7. The second kappa shape index (κ2) is 10.2. The average Bonchev–Trinajstić information content (AvgIpc) is 2.81. The molecule has 0 spiro atoms. The number of halogens is 1. The highest BCUT2D eigenvalue weighted by Gasteiger charge is 2.50. The van der Waals surface area contributed by atoms with Crippen LogP contribution in [0.4, 0.5) is 0 Å².